The van der Waals surface area contributed by atoms with Gasteiger partial charge in [-0.3, -0.25) is 4.79 Å². The van der Waals surface area contributed by atoms with E-state index in [9.17, 15) is 9.90 Å². The molecule has 1 atom stereocenters. The molecule has 0 aromatic carbocycles. The Morgan fingerprint density at radius 1 is 1.75 bits per heavy atom. The van der Waals surface area contributed by atoms with Gasteiger partial charge in [0.2, 0.25) is 5.76 Å². The molecule has 0 radical (unpaired) electrons. The fourth-order valence-electron chi connectivity index (χ4n) is 1.19. The smallest absolute Gasteiger partial charge is 0.289 e. The van der Waals surface area contributed by atoms with Crippen molar-refractivity contribution in [2.45, 2.75) is 19.4 Å². The third kappa shape index (κ3) is 4.00. The van der Waals surface area contributed by atoms with Gasteiger partial charge in [-0.15, -0.1) is 0 Å². The molecule has 0 aliphatic carbocycles. The van der Waals surface area contributed by atoms with Crippen molar-refractivity contribution in [3.05, 3.63) is 17.5 Å². The van der Waals surface area contributed by atoms with E-state index in [1.807, 2.05) is 0 Å². The van der Waals surface area contributed by atoms with Gasteiger partial charge in [-0.05, 0) is 13.3 Å². The number of amides is 1. The Balaban J connectivity index is 2.25. The number of nitrogens with one attached hydrogen (secondary N) is 1. The van der Waals surface area contributed by atoms with E-state index in [1.165, 1.54) is 7.11 Å². The number of ether oxygens (including phenoxy) is 1. The summed E-state index contributed by atoms with van der Waals surface area (Å²) in [5, 5.41) is 15.5. The van der Waals surface area contributed by atoms with Crippen molar-refractivity contribution >= 4 is 5.91 Å². The Morgan fingerprint density at radius 3 is 3.06 bits per heavy atom. The van der Waals surface area contributed by atoms with Crippen LogP contribution in [-0.2, 0) is 4.74 Å². The molecule has 1 aromatic heterocycles. The molecular formula is C10H16N2O4. The lowest BCUT2D eigenvalue weighted by atomic mass is 10.2. The van der Waals surface area contributed by atoms with Crippen LogP contribution in [0, 0.1) is 6.92 Å². The summed E-state index contributed by atoms with van der Waals surface area (Å²) >= 11 is 0. The summed E-state index contributed by atoms with van der Waals surface area (Å²) in [6.45, 7) is 2.36. The van der Waals surface area contributed by atoms with E-state index < -0.39 is 6.10 Å². The van der Waals surface area contributed by atoms with Crippen LogP contribution in [0.2, 0.25) is 0 Å². The van der Waals surface area contributed by atoms with Crippen molar-refractivity contribution < 1.29 is 19.2 Å². The maximum Gasteiger partial charge on any atom is 0.289 e. The van der Waals surface area contributed by atoms with Crippen molar-refractivity contribution in [3.8, 4) is 0 Å². The van der Waals surface area contributed by atoms with E-state index >= 15 is 0 Å². The third-order valence-corrected chi connectivity index (χ3v) is 1.97. The van der Waals surface area contributed by atoms with Crippen molar-refractivity contribution in [1.29, 1.82) is 0 Å². The highest BCUT2D eigenvalue weighted by Crippen LogP contribution is 2.01. The molecule has 1 amide bonds. The van der Waals surface area contributed by atoms with Crippen LogP contribution in [0.15, 0.2) is 10.6 Å². The van der Waals surface area contributed by atoms with Crippen LogP contribution in [0.3, 0.4) is 0 Å². The highest BCUT2D eigenvalue weighted by molar-refractivity contribution is 5.91. The molecule has 0 bridgehead atoms. The fourth-order valence-corrected chi connectivity index (χ4v) is 1.19. The van der Waals surface area contributed by atoms with Gasteiger partial charge in [0, 0.05) is 19.7 Å². The fraction of sp³-hybridized carbons (Fsp3) is 0.600. The van der Waals surface area contributed by atoms with Gasteiger partial charge in [0.1, 0.15) is 0 Å². The molecule has 6 heteroatoms. The first-order valence-corrected chi connectivity index (χ1v) is 5.02. The zero-order valence-corrected chi connectivity index (χ0v) is 9.40. The van der Waals surface area contributed by atoms with Gasteiger partial charge in [0.25, 0.3) is 5.91 Å². The number of rotatable bonds is 6. The predicted octanol–water partition coefficient (Wildman–Crippen LogP) is 0.110. The van der Waals surface area contributed by atoms with Crippen molar-refractivity contribution in [2.24, 2.45) is 0 Å². The molecule has 0 fully saturated rings. The first kappa shape index (κ1) is 12.7. The van der Waals surface area contributed by atoms with Crippen LogP contribution in [0.5, 0.6) is 0 Å². The van der Waals surface area contributed by atoms with E-state index in [4.69, 9.17) is 9.26 Å². The van der Waals surface area contributed by atoms with Gasteiger partial charge in [-0.25, -0.2) is 0 Å². The summed E-state index contributed by atoms with van der Waals surface area (Å²) in [6, 6.07) is 1.56. The lowest BCUT2D eigenvalue weighted by Gasteiger charge is -2.08. The second-order valence-corrected chi connectivity index (χ2v) is 3.49. The molecule has 1 aromatic rings. The molecule has 0 aliphatic heterocycles. The summed E-state index contributed by atoms with van der Waals surface area (Å²) in [4.78, 5) is 11.4. The number of hydrogen-bond acceptors (Lipinski definition) is 5. The Kier molecular flexibility index (Phi) is 4.94. The number of aryl methyl sites for hydroxylation is 1. The molecule has 1 unspecified atom stereocenters. The minimum absolute atomic E-state index is 0.179. The molecule has 0 saturated heterocycles. The Bertz CT molecular complexity index is 337. The molecule has 0 spiro atoms. The molecule has 16 heavy (non-hydrogen) atoms. The zero-order chi connectivity index (χ0) is 12.0. The van der Waals surface area contributed by atoms with Crippen molar-refractivity contribution in [3.63, 3.8) is 0 Å². The van der Waals surface area contributed by atoms with E-state index in [0.717, 1.165) is 0 Å². The van der Waals surface area contributed by atoms with Gasteiger partial charge >= 0.3 is 0 Å². The third-order valence-electron chi connectivity index (χ3n) is 1.97. The van der Waals surface area contributed by atoms with Gasteiger partial charge < -0.3 is 19.7 Å². The van der Waals surface area contributed by atoms with Crippen molar-refractivity contribution in [2.75, 3.05) is 20.3 Å². The van der Waals surface area contributed by atoms with Crippen LogP contribution in [-0.4, -0.2) is 42.5 Å². The standard InChI is InChI=1S/C10H16N2O4/c1-7-5-9(16-12-7)10(14)11-4-3-8(13)6-15-2/h5,8,13H,3-4,6H2,1-2H3,(H,11,14). The van der Waals surface area contributed by atoms with Crippen LogP contribution >= 0.6 is 0 Å². The molecule has 0 aliphatic rings. The molecule has 90 valence electrons. The molecular weight excluding hydrogens is 212 g/mol. The minimum Gasteiger partial charge on any atom is -0.391 e. The van der Waals surface area contributed by atoms with Crippen LogP contribution < -0.4 is 5.32 Å². The predicted molar refractivity (Wildman–Crippen MR) is 56.1 cm³/mol. The quantitative estimate of drug-likeness (QED) is 0.722. The Labute approximate surface area is 93.6 Å². The van der Waals surface area contributed by atoms with Gasteiger partial charge in [-0.2, -0.15) is 0 Å². The first-order chi connectivity index (χ1) is 7.63. The Morgan fingerprint density at radius 2 is 2.50 bits per heavy atom. The summed E-state index contributed by atoms with van der Waals surface area (Å²) in [5.41, 5.74) is 0.657. The normalized spacial score (nSPS) is 12.4. The van der Waals surface area contributed by atoms with Crippen LogP contribution in [0.25, 0.3) is 0 Å². The topological polar surface area (TPSA) is 84.6 Å². The largest absolute Gasteiger partial charge is 0.391 e. The number of hydrogen-bond donors (Lipinski definition) is 2. The van der Waals surface area contributed by atoms with Gasteiger partial charge in [0.05, 0.1) is 18.4 Å². The number of methoxy groups -OCH3 is 1. The maximum absolute atomic E-state index is 11.4. The SMILES string of the molecule is COCC(O)CCNC(=O)c1cc(C)no1. The molecule has 6 nitrogen and oxygen atoms in total. The van der Waals surface area contributed by atoms with E-state index in [0.29, 0.717) is 18.7 Å². The van der Waals surface area contributed by atoms with Crippen LogP contribution in [0.4, 0.5) is 0 Å². The summed E-state index contributed by atoms with van der Waals surface area (Å²) in [7, 11) is 1.51. The highest BCUT2D eigenvalue weighted by Gasteiger charge is 2.11. The number of aliphatic hydroxyl groups is 1. The Hall–Kier alpha value is -1.40. The van der Waals surface area contributed by atoms with E-state index in [2.05, 4.69) is 10.5 Å². The average Bonchev–Trinajstić information content (AvgIpc) is 2.65. The van der Waals surface area contributed by atoms with Gasteiger partial charge in [-0.1, -0.05) is 5.16 Å². The number of aliphatic hydroxyl groups excluding tert-OH is 1. The molecule has 1 rings (SSSR count). The minimum atomic E-state index is -0.568. The second-order valence-electron chi connectivity index (χ2n) is 3.49. The van der Waals surface area contributed by atoms with Gasteiger partial charge in [0.15, 0.2) is 0 Å². The molecule has 0 saturated carbocycles. The summed E-state index contributed by atoms with van der Waals surface area (Å²) in [5.74, 6) is -0.149. The van der Waals surface area contributed by atoms with E-state index in [-0.39, 0.29) is 18.3 Å². The monoisotopic (exact) mass is 228 g/mol. The maximum atomic E-state index is 11.4. The molecule has 1 heterocycles. The number of carbonyl (C=O) groups is 1. The highest BCUT2D eigenvalue weighted by atomic mass is 16.5. The van der Waals surface area contributed by atoms with Crippen molar-refractivity contribution in [1.82, 2.24) is 10.5 Å². The van der Waals surface area contributed by atoms with E-state index in [1.54, 1.807) is 13.0 Å². The summed E-state index contributed by atoms with van der Waals surface area (Å²) < 4.78 is 9.54. The molecule has 2 N–H and O–H groups in total. The number of carbonyl (C=O) groups excluding carboxylic acids is 1. The first-order valence-electron chi connectivity index (χ1n) is 5.02. The second kappa shape index (κ2) is 6.24. The lowest BCUT2D eigenvalue weighted by molar-refractivity contribution is 0.0585. The average molecular weight is 228 g/mol. The lowest BCUT2D eigenvalue weighted by Crippen LogP contribution is -2.28. The summed E-state index contributed by atoms with van der Waals surface area (Å²) in [6.07, 6.45) is -0.131. The van der Waals surface area contributed by atoms with Crippen LogP contribution in [0.1, 0.15) is 22.7 Å². The zero-order valence-electron chi connectivity index (χ0n) is 9.40. The number of nitrogens with zero attached hydrogens (tertiary/aromatic N) is 1. The number of aromatic nitrogens is 1.